The molecule has 5 heteroatoms. The molecule has 0 aromatic carbocycles. The number of urea groups is 1. The lowest BCUT2D eigenvalue weighted by molar-refractivity contribution is 0.235. The first-order valence-corrected chi connectivity index (χ1v) is 6.29. The number of nitrogens with one attached hydrogen (secondary N) is 2. The maximum atomic E-state index is 11.9. The lowest BCUT2D eigenvalue weighted by atomic mass is 10.1. The van der Waals surface area contributed by atoms with E-state index in [9.17, 15) is 9.18 Å². The van der Waals surface area contributed by atoms with Crippen LogP contribution in [0.3, 0.4) is 0 Å². The molecular weight excluding hydrogens is 227 g/mol. The first-order valence-electron chi connectivity index (χ1n) is 5.41. The number of hydrogen-bond acceptors (Lipinski definition) is 2. The molecule has 1 atom stereocenters. The van der Waals surface area contributed by atoms with Gasteiger partial charge in [-0.1, -0.05) is 19.4 Å². The number of carbonyl (C=O) groups is 1. The molecule has 0 aliphatic carbocycles. The van der Waals surface area contributed by atoms with E-state index < -0.39 is 6.67 Å². The van der Waals surface area contributed by atoms with Crippen molar-refractivity contribution in [2.75, 3.05) is 13.2 Å². The smallest absolute Gasteiger partial charge is 0.315 e. The number of rotatable bonds is 6. The Morgan fingerprint density at radius 2 is 2.44 bits per heavy atom. The highest BCUT2D eigenvalue weighted by atomic mass is 32.1. The number of halogens is 1. The highest BCUT2D eigenvalue weighted by Crippen LogP contribution is 2.22. The van der Waals surface area contributed by atoms with Crippen LogP contribution in [0.25, 0.3) is 0 Å². The van der Waals surface area contributed by atoms with E-state index in [1.807, 2.05) is 17.5 Å². The maximum Gasteiger partial charge on any atom is 0.315 e. The Bertz CT molecular complexity index is 303. The standard InChI is InChI=1S/C11H17FN2OS/c1-2-4-9(10-5-3-8-16-10)14-11(15)13-7-6-12/h3,5,8-9H,2,4,6-7H2,1H3,(H2,13,14,15)/t9-/m1/s1. The van der Waals surface area contributed by atoms with Crippen molar-refractivity contribution in [2.24, 2.45) is 0 Å². The molecule has 1 rings (SSSR count). The highest BCUT2D eigenvalue weighted by Gasteiger charge is 2.13. The van der Waals surface area contributed by atoms with Crippen LogP contribution in [-0.4, -0.2) is 19.3 Å². The first kappa shape index (κ1) is 13.0. The Hall–Kier alpha value is -1.10. The predicted octanol–water partition coefficient (Wildman–Crippen LogP) is 2.86. The molecule has 0 saturated heterocycles. The van der Waals surface area contributed by atoms with Gasteiger partial charge in [0.2, 0.25) is 0 Å². The van der Waals surface area contributed by atoms with Crippen LogP contribution in [0.4, 0.5) is 9.18 Å². The molecule has 16 heavy (non-hydrogen) atoms. The van der Waals surface area contributed by atoms with E-state index in [0.29, 0.717) is 0 Å². The average molecular weight is 244 g/mol. The van der Waals surface area contributed by atoms with E-state index in [4.69, 9.17) is 0 Å². The molecule has 0 aliphatic rings. The van der Waals surface area contributed by atoms with Crippen molar-refractivity contribution < 1.29 is 9.18 Å². The fourth-order valence-corrected chi connectivity index (χ4v) is 2.25. The topological polar surface area (TPSA) is 41.1 Å². The van der Waals surface area contributed by atoms with E-state index in [1.165, 1.54) is 0 Å². The molecule has 1 aromatic heterocycles. The van der Waals surface area contributed by atoms with Gasteiger partial charge in [-0.05, 0) is 17.9 Å². The molecule has 0 radical (unpaired) electrons. The number of thiophene rings is 1. The second-order valence-corrected chi connectivity index (χ2v) is 4.43. The van der Waals surface area contributed by atoms with E-state index in [-0.39, 0.29) is 18.6 Å². The summed E-state index contributed by atoms with van der Waals surface area (Å²) >= 11 is 1.62. The van der Waals surface area contributed by atoms with Gasteiger partial charge >= 0.3 is 6.03 Å². The summed E-state index contributed by atoms with van der Waals surface area (Å²) in [6.07, 6.45) is 1.88. The summed E-state index contributed by atoms with van der Waals surface area (Å²) in [7, 11) is 0. The number of alkyl halides is 1. The van der Waals surface area contributed by atoms with Gasteiger partial charge in [-0.15, -0.1) is 11.3 Å². The monoisotopic (exact) mass is 244 g/mol. The SMILES string of the molecule is CCC[C@@H](NC(=O)NCCF)c1cccs1. The highest BCUT2D eigenvalue weighted by molar-refractivity contribution is 7.10. The van der Waals surface area contributed by atoms with Crippen LogP contribution < -0.4 is 10.6 Å². The summed E-state index contributed by atoms with van der Waals surface area (Å²) in [5.41, 5.74) is 0. The van der Waals surface area contributed by atoms with Gasteiger partial charge in [0.05, 0.1) is 6.04 Å². The minimum Gasteiger partial charge on any atom is -0.336 e. The third kappa shape index (κ3) is 4.18. The van der Waals surface area contributed by atoms with Crippen LogP contribution in [0.1, 0.15) is 30.7 Å². The molecule has 0 fully saturated rings. The number of carbonyl (C=O) groups excluding carboxylic acids is 1. The van der Waals surface area contributed by atoms with Gasteiger partial charge in [0.15, 0.2) is 0 Å². The molecule has 0 bridgehead atoms. The van der Waals surface area contributed by atoms with Crippen molar-refractivity contribution in [3.05, 3.63) is 22.4 Å². The minimum atomic E-state index is -0.537. The fourth-order valence-electron chi connectivity index (χ4n) is 1.43. The molecule has 2 amide bonds. The van der Waals surface area contributed by atoms with E-state index in [1.54, 1.807) is 11.3 Å². The molecule has 1 aromatic rings. The molecule has 0 unspecified atom stereocenters. The third-order valence-corrected chi connectivity index (χ3v) is 3.14. The molecular formula is C11H17FN2OS. The quantitative estimate of drug-likeness (QED) is 0.793. The molecule has 3 nitrogen and oxygen atoms in total. The van der Waals surface area contributed by atoms with Crippen molar-refractivity contribution >= 4 is 17.4 Å². The van der Waals surface area contributed by atoms with Crippen molar-refractivity contribution in [3.8, 4) is 0 Å². The summed E-state index contributed by atoms with van der Waals surface area (Å²) < 4.78 is 11.9. The summed E-state index contributed by atoms with van der Waals surface area (Å²) in [4.78, 5) is 12.5. The van der Waals surface area contributed by atoms with Gasteiger partial charge in [-0.2, -0.15) is 0 Å². The van der Waals surface area contributed by atoms with Gasteiger partial charge in [0.1, 0.15) is 6.67 Å². The van der Waals surface area contributed by atoms with Crippen molar-refractivity contribution in [2.45, 2.75) is 25.8 Å². The van der Waals surface area contributed by atoms with Gasteiger partial charge < -0.3 is 10.6 Å². The largest absolute Gasteiger partial charge is 0.336 e. The maximum absolute atomic E-state index is 11.9. The minimum absolute atomic E-state index is 0.0320. The second kappa shape index (κ2) is 7.22. The number of hydrogen-bond donors (Lipinski definition) is 2. The van der Waals surface area contributed by atoms with Crippen LogP contribution in [-0.2, 0) is 0 Å². The molecule has 0 aliphatic heterocycles. The normalized spacial score (nSPS) is 12.1. The Kier molecular flexibility index (Phi) is 5.85. The van der Waals surface area contributed by atoms with Crippen molar-refractivity contribution in [1.82, 2.24) is 10.6 Å². The first-order chi connectivity index (χ1) is 7.77. The lowest BCUT2D eigenvalue weighted by Crippen LogP contribution is -2.38. The van der Waals surface area contributed by atoms with Gasteiger partial charge in [-0.3, -0.25) is 0 Å². The van der Waals surface area contributed by atoms with Gasteiger partial charge in [0, 0.05) is 11.4 Å². The number of amides is 2. The van der Waals surface area contributed by atoms with E-state index in [0.717, 1.165) is 17.7 Å². The zero-order valence-electron chi connectivity index (χ0n) is 9.33. The average Bonchev–Trinajstić information content (AvgIpc) is 2.79. The molecule has 2 N–H and O–H groups in total. The Morgan fingerprint density at radius 1 is 1.62 bits per heavy atom. The van der Waals surface area contributed by atoms with Crippen molar-refractivity contribution in [1.29, 1.82) is 0 Å². The van der Waals surface area contributed by atoms with Crippen LogP contribution in [0, 0.1) is 0 Å². The Labute approximate surface area is 99.1 Å². The van der Waals surface area contributed by atoms with Gasteiger partial charge in [0.25, 0.3) is 0 Å². The molecule has 90 valence electrons. The van der Waals surface area contributed by atoms with Crippen LogP contribution in [0.15, 0.2) is 17.5 Å². The lowest BCUT2D eigenvalue weighted by Gasteiger charge is -2.16. The van der Waals surface area contributed by atoms with Crippen LogP contribution in [0.5, 0.6) is 0 Å². The Balaban J connectivity index is 2.48. The summed E-state index contributed by atoms with van der Waals surface area (Å²) in [6.45, 7) is 1.60. The third-order valence-electron chi connectivity index (χ3n) is 2.15. The summed E-state index contributed by atoms with van der Waals surface area (Å²) in [6, 6.07) is 3.69. The second-order valence-electron chi connectivity index (χ2n) is 3.45. The predicted molar refractivity (Wildman–Crippen MR) is 64.5 cm³/mol. The fraction of sp³-hybridized carbons (Fsp3) is 0.545. The summed E-state index contributed by atoms with van der Waals surface area (Å²) in [5.74, 6) is 0. The van der Waals surface area contributed by atoms with Crippen molar-refractivity contribution in [3.63, 3.8) is 0 Å². The summed E-state index contributed by atoms with van der Waals surface area (Å²) in [5, 5.41) is 7.30. The molecule has 1 heterocycles. The van der Waals surface area contributed by atoms with E-state index >= 15 is 0 Å². The van der Waals surface area contributed by atoms with Crippen LogP contribution in [0.2, 0.25) is 0 Å². The van der Waals surface area contributed by atoms with Crippen LogP contribution >= 0.6 is 11.3 Å². The van der Waals surface area contributed by atoms with E-state index in [2.05, 4.69) is 17.6 Å². The molecule has 0 saturated carbocycles. The zero-order valence-corrected chi connectivity index (χ0v) is 10.1. The van der Waals surface area contributed by atoms with Gasteiger partial charge in [-0.25, -0.2) is 9.18 Å². The Morgan fingerprint density at radius 3 is 3.00 bits per heavy atom. The zero-order chi connectivity index (χ0) is 11.8. The molecule has 0 spiro atoms.